The minimum absolute atomic E-state index is 0.0399. The zero-order valence-electron chi connectivity index (χ0n) is 16.8. The molecule has 2 heterocycles. The summed E-state index contributed by atoms with van der Waals surface area (Å²) in [6.07, 6.45) is 0. The smallest absolute Gasteiger partial charge is 0.349 e. The summed E-state index contributed by atoms with van der Waals surface area (Å²) >= 11 is 1.15. The lowest BCUT2D eigenvalue weighted by Crippen LogP contribution is -2.19. The molecule has 0 aliphatic heterocycles. The van der Waals surface area contributed by atoms with Gasteiger partial charge in [-0.1, -0.05) is 41.7 Å². The molecule has 0 fully saturated rings. The Kier molecular flexibility index (Phi) is 4.67. The molecule has 3 aromatic carbocycles. The molecule has 0 spiro atoms. The number of rotatable bonds is 3. The number of hydrogen-bond acceptors (Lipinski definition) is 6. The van der Waals surface area contributed by atoms with E-state index in [1.807, 2.05) is 37.3 Å². The van der Waals surface area contributed by atoms with E-state index in [1.165, 1.54) is 18.2 Å². The molecule has 0 aliphatic carbocycles. The molecule has 9 heteroatoms. The number of nitro benzene ring substituents is 1. The Morgan fingerprint density at radius 3 is 2.72 bits per heavy atom. The van der Waals surface area contributed by atoms with Gasteiger partial charge in [-0.2, -0.15) is 4.99 Å². The second-order valence-corrected chi connectivity index (χ2v) is 8.11. The summed E-state index contributed by atoms with van der Waals surface area (Å²) in [7, 11) is 0. The quantitative estimate of drug-likeness (QED) is 0.174. The molecule has 0 saturated carbocycles. The summed E-state index contributed by atoms with van der Waals surface area (Å²) in [5, 5.41) is 13.6. The van der Waals surface area contributed by atoms with Crippen LogP contribution in [0.2, 0.25) is 0 Å². The largest absolute Gasteiger partial charge is 0.422 e. The molecule has 0 radical (unpaired) electrons. The third kappa shape index (κ3) is 3.19. The minimum atomic E-state index is -0.763. The van der Waals surface area contributed by atoms with Crippen molar-refractivity contribution < 1.29 is 14.1 Å². The number of carbonyl (C=O) groups excluding carboxylic acids is 1. The fourth-order valence-corrected chi connectivity index (χ4v) is 4.86. The van der Waals surface area contributed by atoms with Gasteiger partial charge in [0, 0.05) is 24.1 Å². The lowest BCUT2D eigenvalue weighted by atomic mass is 10.0. The van der Waals surface area contributed by atoms with Crippen LogP contribution in [-0.4, -0.2) is 15.4 Å². The summed E-state index contributed by atoms with van der Waals surface area (Å²) in [6, 6.07) is 17.2. The minimum Gasteiger partial charge on any atom is -0.422 e. The summed E-state index contributed by atoms with van der Waals surface area (Å²) in [4.78, 5) is 40.7. The van der Waals surface area contributed by atoms with Gasteiger partial charge in [0.15, 0.2) is 4.80 Å². The Balaban J connectivity index is 1.69. The Hall–Kier alpha value is -4.11. The van der Waals surface area contributed by atoms with E-state index in [1.54, 1.807) is 16.7 Å². The molecule has 32 heavy (non-hydrogen) atoms. The molecular formula is C23H15N3O5S. The van der Waals surface area contributed by atoms with E-state index in [2.05, 4.69) is 4.99 Å². The van der Waals surface area contributed by atoms with Crippen molar-refractivity contribution in [3.05, 3.63) is 91.6 Å². The maximum atomic E-state index is 13.0. The van der Waals surface area contributed by atoms with Gasteiger partial charge in [-0.25, -0.2) is 4.79 Å². The second kappa shape index (κ2) is 7.54. The van der Waals surface area contributed by atoms with Gasteiger partial charge < -0.3 is 8.98 Å². The lowest BCUT2D eigenvalue weighted by Gasteiger charge is -2.04. The Bertz CT molecular complexity index is 1690. The molecule has 5 rings (SSSR count). The molecule has 158 valence electrons. The molecule has 0 bridgehead atoms. The molecule has 0 atom stereocenters. The van der Waals surface area contributed by atoms with Gasteiger partial charge in [-0.05, 0) is 35.9 Å². The number of thiazole rings is 1. The number of non-ortho nitro benzene ring substituents is 1. The first-order valence-electron chi connectivity index (χ1n) is 9.78. The maximum absolute atomic E-state index is 13.0. The highest BCUT2D eigenvalue weighted by molar-refractivity contribution is 7.16. The van der Waals surface area contributed by atoms with Gasteiger partial charge in [0.1, 0.15) is 11.1 Å². The number of nitrogens with zero attached hydrogens (tertiary/aromatic N) is 3. The number of amides is 1. The lowest BCUT2D eigenvalue weighted by molar-refractivity contribution is -0.384. The maximum Gasteiger partial charge on any atom is 0.349 e. The zero-order valence-corrected chi connectivity index (χ0v) is 17.6. The SMILES string of the molecule is CCn1c(=NC(=O)c2cc3c(ccc4ccccc43)oc2=O)sc2cc([N+](=O)[O-])ccc21. The van der Waals surface area contributed by atoms with Crippen LogP contribution < -0.4 is 10.4 Å². The number of nitro groups is 1. The summed E-state index contributed by atoms with van der Waals surface area (Å²) in [5.41, 5.74) is 0.150. The third-order valence-corrected chi connectivity index (χ3v) is 6.30. The van der Waals surface area contributed by atoms with Gasteiger partial charge in [-0.15, -0.1) is 0 Å². The Labute approximate surface area is 183 Å². The normalized spacial score (nSPS) is 12.1. The van der Waals surface area contributed by atoms with Crippen molar-refractivity contribution in [1.29, 1.82) is 0 Å². The molecule has 8 nitrogen and oxygen atoms in total. The van der Waals surface area contributed by atoms with E-state index in [9.17, 15) is 19.7 Å². The van der Waals surface area contributed by atoms with Crippen LogP contribution in [0.5, 0.6) is 0 Å². The number of aryl methyl sites for hydroxylation is 1. The van der Waals surface area contributed by atoms with Gasteiger partial charge in [-0.3, -0.25) is 14.9 Å². The van der Waals surface area contributed by atoms with Crippen LogP contribution in [0.1, 0.15) is 17.3 Å². The first kappa shape index (κ1) is 19.8. The van der Waals surface area contributed by atoms with Crippen molar-refractivity contribution in [1.82, 2.24) is 4.57 Å². The average molecular weight is 445 g/mol. The Morgan fingerprint density at radius 2 is 1.94 bits per heavy atom. The summed E-state index contributed by atoms with van der Waals surface area (Å²) < 4.78 is 7.81. The van der Waals surface area contributed by atoms with Crippen LogP contribution in [0.15, 0.2) is 74.9 Å². The standard InChI is InChI=1S/C23H15N3O5S/c1-2-25-18-9-8-14(26(29)30)11-20(18)32-23(25)24-21(27)17-12-16-15-6-4-3-5-13(15)7-10-19(16)31-22(17)28/h3-12H,2H2,1H3. The van der Waals surface area contributed by atoms with Crippen molar-refractivity contribution in [2.24, 2.45) is 4.99 Å². The third-order valence-electron chi connectivity index (χ3n) is 5.26. The zero-order chi connectivity index (χ0) is 22.4. The van der Waals surface area contributed by atoms with E-state index in [4.69, 9.17) is 4.42 Å². The number of aromatic nitrogens is 1. The van der Waals surface area contributed by atoms with Crippen LogP contribution in [0.4, 0.5) is 5.69 Å². The van der Waals surface area contributed by atoms with Crippen molar-refractivity contribution in [2.45, 2.75) is 13.5 Å². The van der Waals surface area contributed by atoms with Crippen molar-refractivity contribution in [3.63, 3.8) is 0 Å². The van der Waals surface area contributed by atoms with E-state index >= 15 is 0 Å². The predicted octanol–water partition coefficient (Wildman–Crippen LogP) is 4.63. The van der Waals surface area contributed by atoms with Crippen LogP contribution in [0.25, 0.3) is 32.0 Å². The predicted molar refractivity (Wildman–Crippen MR) is 122 cm³/mol. The summed E-state index contributed by atoms with van der Waals surface area (Å²) in [5.74, 6) is -0.725. The van der Waals surface area contributed by atoms with Gasteiger partial charge in [0.05, 0.1) is 15.1 Å². The molecule has 2 aromatic heterocycles. The second-order valence-electron chi connectivity index (χ2n) is 7.10. The summed E-state index contributed by atoms with van der Waals surface area (Å²) in [6.45, 7) is 2.38. The molecule has 0 aliphatic rings. The monoisotopic (exact) mass is 445 g/mol. The van der Waals surface area contributed by atoms with Crippen LogP contribution in [-0.2, 0) is 6.54 Å². The van der Waals surface area contributed by atoms with E-state index in [0.717, 1.165) is 27.6 Å². The highest BCUT2D eigenvalue weighted by Crippen LogP contribution is 2.26. The first-order chi connectivity index (χ1) is 15.5. The molecule has 5 aromatic rings. The van der Waals surface area contributed by atoms with Crippen LogP contribution in [0.3, 0.4) is 0 Å². The van der Waals surface area contributed by atoms with Crippen molar-refractivity contribution in [2.75, 3.05) is 0 Å². The number of carbonyl (C=O) groups is 1. The molecule has 1 amide bonds. The topological polar surface area (TPSA) is 108 Å². The number of fused-ring (bicyclic) bond motifs is 4. The van der Waals surface area contributed by atoms with Crippen molar-refractivity contribution in [3.8, 4) is 0 Å². The molecule has 0 saturated heterocycles. The fraction of sp³-hybridized carbons (Fsp3) is 0.0870. The van der Waals surface area contributed by atoms with E-state index in [-0.39, 0.29) is 11.3 Å². The van der Waals surface area contributed by atoms with Crippen LogP contribution >= 0.6 is 11.3 Å². The molecular weight excluding hydrogens is 430 g/mol. The molecule has 0 unspecified atom stereocenters. The van der Waals surface area contributed by atoms with Gasteiger partial charge in [0.25, 0.3) is 11.6 Å². The van der Waals surface area contributed by atoms with Crippen molar-refractivity contribution >= 4 is 54.9 Å². The van der Waals surface area contributed by atoms with E-state index < -0.39 is 16.5 Å². The molecule has 0 N–H and O–H groups in total. The highest BCUT2D eigenvalue weighted by atomic mass is 32.1. The first-order valence-corrected chi connectivity index (χ1v) is 10.6. The Morgan fingerprint density at radius 1 is 1.12 bits per heavy atom. The van der Waals surface area contributed by atoms with Gasteiger partial charge in [0.2, 0.25) is 0 Å². The van der Waals surface area contributed by atoms with Crippen LogP contribution in [0, 0.1) is 10.1 Å². The average Bonchev–Trinajstić information content (AvgIpc) is 3.14. The van der Waals surface area contributed by atoms with Gasteiger partial charge >= 0.3 is 5.63 Å². The van der Waals surface area contributed by atoms with E-state index in [0.29, 0.717) is 27.0 Å². The fourth-order valence-electron chi connectivity index (χ4n) is 3.73. The number of hydrogen-bond donors (Lipinski definition) is 0. The number of benzene rings is 3. The highest BCUT2D eigenvalue weighted by Gasteiger charge is 2.16.